The van der Waals surface area contributed by atoms with Gasteiger partial charge < -0.3 is 20.4 Å². The summed E-state index contributed by atoms with van der Waals surface area (Å²) in [5.41, 5.74) is -0.734. The van der Waals surface area contributed by atoms with Gasteiger partial charge in [-0.3, -0.25) is 9.69 Å². The van der Waals surface area contributed by atoms with E-state index in [1.165, 1.54) is 12.1 Å². The average Bonchev–Trinajstić information content (AvgIpc) is 2.54. The second-order valence-electron chi connectivity index (χ2n) is 4.72. The first-order valence-corrected chi connectivity index (χ1v) is 8.30. The van der Waals surface area contributed by atoms with Crippen molar-refractivity contribution in [1.29, 1.82) is 0 Å². The number of aliphatic hydroxyl groups is 3. The lowest BCUT2D eigenvalue weighted by Crippen LogP contribution is -2.32. The van der Waals surface area contributed by atoms with Crippen molar-refractivity contribution in [3.8, 4) is 0 Å². The standard InChI is InChI=1S/C9H7F3O2S.C6H15NO3/c10-9(11,12)6-1-3-7(4-2-6)15-5-8(13)14;8-4-1-7(2-5-9)3-6-10/h1-4H,5H2,(H,13,14);8-10H,1-6H2. The molecule has 0 amide bonds. The van der Waals surface area contributed by atoms with Crippen LogP contribution in [-0.2, 0) is 11.0 Å². The van der Waals surface area contributed by atoms with Gasteiger partial charge in [0.05, 0.1) is 31.1 Å². The van der Waals surface area contributed by atoms with Crippen molar-refractivity contribution in [2.24, 2.45) is 0 Å². The number of hydrogen-bond donors (Lipinski definition) is 4. The number of nitrogens with zero attached hydrogens (tertiary/aromatic N) is 1. The predicted octanol–water partition coefficient (Wildman–Crippen LogP) is 1.15. The summed E-state index contributed by atoms with van der Waals surface area (Å²) < 4.78 is 36.4. The van der Waals surface area contributed by atoms with Crippen LogP contribution in [0.4, 0.5) is 13.2 Å². The molecule has 0 aromatic heterocycles. The maximum Gasteiger partial charge on any atom is 0.416 e. The fraction of sp³-hybridized carbons (Fsp3) is 0.533. The van der Waals surface area contributed by atoms with Crippen molar-refractivity contribution in [3.05, 3.63) is 29.8 Å². The number of rotatable bonds is 9. The zero-order chi connectivity index (χ0) is 19.3. The van der Waals surface area contributed by atoms with Crippen LogP contribution in [0.1, 0.15) is 5.56 Å². The molecule has 1 aromatic rings. The Morgan fingerprint density at radius 1 is 0.960 bits per heavy atom. The van der Waals surface area contributed by atoms with E-state index in [0.29, 0.717) is 24.5 Å². The fourth-order valence-electron chi connectivity index (χ4n) is 1.64. The van der Waals surface area contributed by atoms with Gasteiger partial charge in [-0.1, -0.05) is 0 Å². The van der Waals surface area contributed by atoms with Crippen LogP contribution in [0, 0.1) is 0 Å². The van der Waals surface area contributed by atoms with Crippen molar-refractivity contribution < 1.29 is 38.4 Å². The third-order valence-electron chi connectivity index (χ3n) is 2.79. The second-order valence-corrected chi connectivity index (χ2v) is 5.77. The molecule has 10 heteroatoms. The molecule has 0 aliphatic heterocycles. The number of alkyl halides is 3. The molecule has 0 atom stereocenters. The zero-order valence-electron chi connectivity index (χ0n) is 13.4. The fourth-order valence-corrected chi connectivity index (χ4v) is 2.26. The highest BCUT2D eigenvalue weighted by Gasteiger charge is 2.29. The molecular formula is C15H22F3NO5S. The lowest BCUT2D eigenvalue weighted by molar-refractivity contribution is -0.137. The molecular weight excluding hydrogens is 363 g/mol. The summed E-state index contributed by atoms with van der Waals surface area (Å²) in [6.07, 6.45) is -4.35. The molecule has 0 unspecified atom stereocenters. The van der Waals surface area contributed by atoms with Gasteiger partial charge in [0.15, 0.2) is 0 Å². The Labute approximate surface area is 147 Å². The lowest BCUT2D eigenvalue weighted by Gasteiger charge is -2.17. The molecule has 0 fully saturated rings. The van der Waals surface area contributed by atoms with E-state index in [0.717, 1.165) is 23.9 Å². The largest absolute Gasteiger partial charge is 0.481 e. The molecule has 1 rings (SSSR count). The molecule has 0 radical (unpaired) electrons. The summed E-state index contributed by atoms with van der Waals surface area (Å²) in [6.45, 7) is 1.75. The minimum absolute atomic E-state index is 0.0694. The minimum Gasteiger partial charge on any atom is -0.481 e. The second kappa shape index (κ2) is 13.0. The Hall–Kier alpha value is -1.33. The van der Waals surface area contributed by atoms with Gasteiger partial charge in [0.2, 0.25) is 0 Å². The molecule has 0 aliphatic carbocycles. The normalized spacial score (nSPS) is 11.2. The van der Waals surface area contributed by atoms with Crippen LogP contribution in [0.3, 0.4) is 0 Å². The van der Waals surface area contributed by atoms with Crippen LogP contribution >= 0.6 is 11.8 Å². The highest BCUT2D eigenvalue weighted by atomic mass is 32.2. The van der Waals surface area contributed by atoms with Gasteiger partial charge in [-0.05, 0) is 24.3 Å². The maximum atomic E-state index is 12.1. The number of aliphatic hydroxyl groups excluding tert-OH is 3. The van der Waals surface area contributed by atoms with Gasteiger partial charge in [0, 0.05) is 24.5 Å². The summed E-state index contributed by atoms with van der Waals surface area (Å²) in [7, 11) is 0. The molecule has 144 valence electrons. The van der Waals surface area contributed by atoms with Crippen molar-refractivity contribution in [2.45, 2.75) is 11.1 Å². The minimum atomic E-state index is -4.35. The highest BCUT2D eigenvalue weighted by Crippen LogP contribution is 2.30. The van der Waals surface area contributed by atoms with Gasteiger partial charge in [-0.15, -0.1) is 11.8 Å². The molecule has 1 aromatic carbocycles. The molecule has 0 saturated heterocycles. The molecule has 0 aliphatic rings. The Kier molecular flexibility index (Phi) is 12.3. The van der Waals surface area contributed by atoms with Crippen LogP contribution in [0.15, 0.2) is 29.2 Å². The van der Waals surface area contributed by atoms with E-state index in [2.05, 4.69) is 0 Å². The third-order valence-corrected chi connectivity index (χ3v) is 3.79. The van der Waals surface area contributed by atoms with E-state index in [-0.39, 0.29) is 25.6 Å². The molecule has 6 nitrogen and oxygen atoms in total. The number of benzene rings is 1. The summed E-state index contributed by atoms with van der Waals surface area (Å²) >= 11 is 0.981. The Morgan fingerprint density at radius 2 is 1.40 bits per heavy atom. The smallest absolute Gasteiger partial charge is 0.416 e. The molecule has 4 N–H and O–H groups in total. The van der Waals surface area contributed by atoms with E-state index >= 15 is 0 Å². The Bertz CT molecular complexity index is 471. The van der Waals surface area contributed by atoms with Gasteiger partial charge in [0.25, 0.3) is 0 Å². The van der Waals surface area contributed by atoms with Crippen LogP contribution in [0.5, 0.6) is 0 Å². The quantitative estimate of drug-likeness (QED) is 0.473. The highest BCUT2D eigenvalue weighted by molar-refractivity contribution is 8.00. The first-order valence-electron chi connectivity index (χ1n) is 7.31. The van der Waals surface area contributed by atoms with Crippen LogP contribution in [0.25, 0.3) is 0 Å². The van der Waals surface area contributed by atoms with E-state index in [9.17, 15) is 18.0 Å². The number of carboxylic acid groups (broad SMARTS) is 1. The van der Waals surface area contributed by atoms with Gasteiger partial charge in [-0.2, -0.15) is 13.2 Å². The first kappa shape index (κ1) is 23.7. The van der Waals surface area contributed by atoms with Gasteiger partial charge in [-0.25, -0.2) is 0 Å². The number of halogens is 3. The SMILES string of the molecule is O=C(O)CSc1ccc(C(F)(F)F)cc1.OCCN(CCO)CCO. The Morgan fingerprint density at radius 3 is 1.72 bits per heavy atom. The summed E-state index contributed by atoms with van der Waals surface area (Å²) in [4.78, 5) is 12.5. The summed E-state index contributed by atoms with van der Waals surface area (Å²) in [6, 6.07) is 4.39. The number of hydrogen-bond acceptors (Lipinski definition) is 6. The maximum absolute atomic E-state index is 12.1. The van der Waals surface area contributed by atoms with Crippen molar-refractivity contribution in [2.75, 3.05) is 45.2 Å². The number of aliphatic carboxylic acids is 1. The third kappa shape index (κ3) is 11.8. The van der Waals surface area contributed by atoms with Crippen LogP contribution in [-0.4, -0.2) is 76.5 Å². The van der Waals surface area contributed by atoms with Crippen LogP contribution < -0.4 is 0 Å². The van der Waals surface area contributed by atoms with E-state index in [1.807, 2.05) is 0 Å². The van der Waals surface area contributed by atoms with Crippen LogP contribution in [0.2, 0.25) is 0 Å². The molecule has 0 heterocycles. The molecule has 0 spiro atoms. The molecule has 0 saturated carbocycles. The zero-order valence-corrected chi connectivity index (χ0v) is 14.3. The number of carbonyl (C=O) groups is 1. The average molecular weight is 385 g/mol. The molecule has 0 bridgehead atoms. The van der Waals surface area contributed by atoms with E-state index in [4.69, 9.17) is 20.4 Å². The first-order chi connectivity index (χ1) is 11.7. The Balaban J connectivity index is 0.000000504. The summed E-state index contributed by atoms with van der Waals surface area (Å²) in [5, 5.41) is 33.8. The number of carboxylic acids is 1. The predicted molar refractivity (Wildman–Crippen MR) is 87.5 cm³/mol. The van der Waals surface area contributed by atoms with Gasteiger partial charge >= 0.3 is 12.1 Å². The van der Waals surface area contributed by atoms with Crippen molar-refractivity contribution in [1.82, 2.24) is 4.90 Å². The van der Waals surface area contributed by atoms with Gasteiger partial charge in [0.1, 0.15) is 0 Å². The topological polar surface area (TPSA) is 101 Å². The van der Waals surface area contributed by atoms with E-state index < -0.39 is 17.7 Å². The molecule has 25 heavy (non-hydrogen) atoms. The monoisotopic (exact) mass is 385 g/mol. The summed E-state index contributed by atoms with van der Waals surface area (Å²) in [5.74, 6) is -1.16. The van der Waals surface area contributed by atoms with Crippen molar-refractivity contribution >= 4 is 17.7 Å². The van der Waals surface area contributed by atoms with Crippen molar-refractivity contribution in [3.63, 3.8) is 0 Å². The lowest BCUT2D eigenvalue weighted by atomic mass is 10.2. The number of thioether (sulfide) groups is 1. The van der Waals surface area contributed by atoms with E-state index in [1.54, 1.807) is 4.90 Å².